The SMILES string of the molecule is CC1CCN(C(=O)C2CCc3cn[nH]c3C2)CC1O. The van der Waals surface area contributed by atoms with Gasteiger partial charge < -0.3 is 10.0 Å². The highest BCUT2D eigenvalue weighted by Gasteiger charge is 2.33. The first-order valence-electron chi connectivity index (χ1n) is 7.13. The monoisotopic (exact) mass is 263 g/mol. The normalized spacial score (nSPS) is 31.1. The number of carbonyl (C=O) groups excluding carboxylic acids is 1. The Hall–Kier alpha value is -1.36. The maximum Gasteiger partial charge on any atom is 0.226 e. The summed E-state index contributed by atoms with van der Waals surface area (Å²) in [5, 5.41) is 16.9. The average Bonchev–Trinajstić information content (AvgIpc) is 2.88. The summed E-state index contributed by atoms with van der Waals surface area (Å²) in [6, 6.07) is 0. The molecular weight excluding hydrogens is 242 g/mol. The number of piperidine rings is 1. The Balaban J connectivity index is 1.65. The van der Waals surface area contributed by atoms with Crippen LogP contribution >= 0.6 is 0 Å². The molecule has 0 aromatic carbocycles. The number of aryl methyl sites for hydroxylation is 1. The molecule has 1 saturated heterocycles. The summed E-state index contributed by atoms with van der Waals surface area (Å²) in [6.45, 7) is 3.32. The summed E-state index contributed by atoms with van der Waals surface area (Å²) < 4.78 is 0. The van der Waals surface area contributed by atoms with Gasteiger partial charge in [-0.1, -0.05) is 6.92 Å². The molecule has 2 heterocycles. The summed E-state index contributed by atoms with van der Waals surface area (Å²) in [5.74, 6) is 0.550. The van der Waals surface area contributed by atoms with Crippen molar-refractivity contribution in [3.63, 3.8) is 0 Å². The molecule has 3 atom stereocenters. The van der Waals surface area contributed by atoms with Gasteiger partial charge in [-0.25, -0.2) is 0 Å². The van der Waals surface area contributed by atoms with Crippen molar-refractivity contribution in [2.45, 2.75) is 38.7 Å². The molecule has 0 radical (unpaired) electrons. The number of rotatable bonds is 1. The molecule has 1 fully saturated rings. The van der Waals surface area contributed by atoms with Crippen LogP contribution in [0.15, 0.2) is 6.20 Å². The van der Waals surface area contributed by atoms with Crippen molar-refractivity contribution in [1.29, 1.82) is 0 Å². The number of carbonyl (C=O) groups is 1. The van der Waals surface area contributed by atoms with Crippen LogP contribution in [-0.4, -0.2) is 45.3 Å². The van der Waals surface area contributed by atoms with Crippen molar-refractivity contribution in [1.82, 2.24) is 15.1 Å². The van der Waals surface area contributed by atoms with Crippen molar-refractivity contribution in [2.24, 2.45) is 11.8 Å². The van der Waals surface area contributed by atoms with Gasteiger partial charge in [-0.15, -0.1) is 0 Å². The Bertz CT molecular complexity index is 471. The Morgan fingerprint density at radius 2 is 2.37 bits per heavy atom. The Morgan fingerprint density at radius 3 is 3.16 bits per heavy atom. The number of fused-ring (bicyclic) bond motifs is 1. The van der Waals surface area contributed by atoms with Crippen LogP contribution in [0.5, 0.6) is 0 Å². The van der Waals surface area contributed by atoms with Crippen LogP contribution in [0, 0.1) is 11.8 Å². The van der Waals surface area contributed by atoms with Gasteiger partial charge in [-0.2, -0.15) is 5.10 Å². The Labute approximate surface area is 113 Å². The second kappa shape index (κ2) is 4.96. The van der Waals surface area contributed by atoms with E-state index in [4.69, 9.17) is 0 Å². The van der Waals surface area contributed by atoms with Crippen LogP contribution in [0.3, 0.4) is 0 Å². The number of likely N-dealkylation sites (tertiary alicyclic amines) is 1. The predicted octanol–water partition coefficient (Wildman–Crippen LogP) is 0.744. The van der Waals surface area contributed by atoms with Crippen LogP contribution in [-0.2, 0) is 17.6 Å². The van der Waals surface area contributed by atoms with Crippen molar-refractivity contribution in [2.75, 3.05) is 13.1 Å². The van der Waals surface area contributed by atoms with E-state index in [1.165, 1.54) is 5.56 Å². The Kier molecular flexibility index (Phi) is 3.31. The molecule has 104 valence electrons. The van der Waals surface area contributed by atoms with Gasteiger partial charge >= 0.3 is 0 Å². The lowest BCUT2D eigenvalue weighted by Gasteiger charge is -2.36. The molecule has 2 aliphatic rings. The standard InChI is InChI=1S/C14H21N3O2/c1-9-4-5-17(8-13(9)18)14(19)10-2-3-11-7-15-16-12(11)6-10/h7,9-10,13,18H,2-6,8H2,1H3,(H,15,16). The second-order valence-corrected chi connectivity index (χ2v) is 5.93. The predicted molar refractivity (Wildman–Crippen MR) is 70.5 cm³/mol. The van der Waals surface area contributed by atoms with E-state index in [0.29, 0.717) is 12.5 Å². The van der Waals surface area contributed by atoms with Crippen LogP contribution in [0.25, 0.3) is 0 Å². The minimum absolute atomic E-state index is 0.0496. The zero-order valence-electron chi connectivity index (χ0n) is 11.3. The Morgan fingerprint density at radius 1 is 1.53 bits per heavy atom. The lowest BCUT2D eigenvalue weighted by Crippen LogP contribution is -2.48. The van der Waals surface area contributed by atoms with Crippen LogP contribution in [0.1, 0.15) is 31.0 Å². The average molecular weight is 263 g/mol. The molecule has 1 aliphatic heterocycles. The van der Waals surface area contributed by atoms with Crippen LogP contribution in [0.2, 0.25) is 0 Å². The molecule has 3 unspecified atom stereocenters. The first-order valence-corrected chi connectivity index (χ1v) is 7.13. The zero-order chi connectivity index (χ0) is 13.4. The fourth-order valence-corrected chi connectivity index (χ4v) is 3.13. The number of aromatic nitrogens is 2. The molecule has 5 heteroatoms. The van der Waals surface area contributed by atoms with E-state index >= 15 is 0 Å². The van der Waals surface area contributed by atoms with Gasteiger partial charge in [-0.05, 0) is 30.7 Å². The highest BCUT2D eigenvalue weighted by atomic mass is 16.3. The number of nitrogens with one attached hydrogen (secondary N) is 1. The number of amides is 1. The van der Waals surface area contributed by atoms with Crippen LogP contribution in [0.4, 0.5) is 0 Å². The zero-order valence-corrected chi connectivity index (χ0v) is 11.3. The first-order chi connectivity index (χ1) is 9.15. The van der Waals surface area contributed by atoms with E-state index in [-0.39, 0.29) is 17.9 Å². The third kappa shape index (κ3) is 2.39. The molecule has 0 bridgehead atoms. The third-order valence-corrected chi connectivity index (χ3v) is 4.60. The minimum atomic E-state index is -0.371. The van der Waals surface area contributed by atoms with Crippen molar-refractivity contribution < 1.29 is 9.90 Å². The fourth-order valence-electron chi connectivity index (χ4n) is 3.13. The van der Waals surface area contributed by atoms with Gasteiger partial charge in [-0.3, -0.25) is 9.89 Å². The molecule has 1 aromatic rings. The quantitative estimate of drug-likeness (QED) is 0.785. The number of hydrogen-bond donors (Lipinski definition) is 2. The van der Waals surface area contributed by atoms with Gasteiger partial charge in [0.15, 0.2) is 0 Å². The molecule has 5 nitrogen and oxygen atoms in total. The molecule has 1 aliphatic carbocycles. The molecule has 1 amide bonds. The van der Waals surface area contributed by atoms with Gasteiger partial charge in [0.05, 0.1) is 12.3 Å². The molecule has 3 rings (SSSR count). The van der Waals surface area contributed by atoms with Gasteiger partial charge in [0.1, 0.15) is 0 Å². The van der Waals surface area contributed by atoms with E-state index < -0.39 is 0 Å². The number of hydrogen-bond acceptors (Lipinski definition) is 3. The number of aromatic amines is 1. The van der Waals surface area contributed by atoms with Gasteiger partial charge in [0, 0.05) is 31.1 Å². The molecule has 2 N–H and O–H groups in total. The van der Waals surface area contributed by atoms with E-state index in [9.17, 15) is 9.90 Å². The summed E-state index contributed by atoms with van der Waals surface area (Å²) in [4.78, 5) is 14.4. The topological polar surface area (TPSA) is 69.2 Å². The number of H-pyrrole nitrogens is 1. The van der Waals surface area contributed by atoms with E-state index in [2.05, 4.69) is 10.2 Å². The highest BCUT2D eigenvalue weighted by Crippen LogP contribution is 2.27. The maximum atomic E-state index is 12.5. The molecular formula is C14H21N3O2. The molecule has 19 heavy (non-hydrogen) atoms. The van der Waals surface area contributed by atoms with E-state index in [0.717, 1.165) is 37.9 Å². The molecule has 0 spiro atoms. The van der Waals surface area contributed by atoms with Crippen molar-refractivity contribution >= 4 is 5.91 Å². The first kappa shape index (κ1) is 12.7. The summed E-state index contributed by atoms with van der Waals surface area (Å²) >= 11 is 0. The highest BCUT2D eigenvalue weighted by molar-refractivity contribution is 5.79. The summed E-state index contributed by atoms with van der Waals surface area (Å²) in [7, 11) is 0. The lowest BCUT2D eigenvalue weighted by molar-refractivity contribution is -0.140. The summed E-state index contributed by atoms with van der Waals surface area (Å²) in [6.07, 6.45) is 4.97. The maximum absolute atomic E-state index is 12.5. The van der Waals surface area contributed by atoms with E-state index in [1.54, 1.807) is 0 Å². The smallest absolute Gasteiger partial charge is 0.226 e. The molecule has 1 aromatic heterocycles. The van der Waals surface area contributed by atoms with Crippen molar-refractivity contribution in [3.8, 4) is 0 Å². The van der Waals surface area contributed by atoms with Gasteiger partial charge in [0.2, 0.25) is 5.91 Å². The number of nitrogens with zero attached hydrogens (tertiary/aromatic N) is 2. The largest absolute Gasteiger partial charge is 0.391 e. The van der Waals surface area contributed by atoms with Gasteiger partial charge in [0.25, 0.3) is 0 Å². The third-order valence-electron chi connectivity index (χ3n) is 4.60. The van der Waals surface area contributed by atoms with Crippen molar-refractivity contribution in [3.05, 3.63) is 17.5 Å². The lowest BCUT2D eigenvalue weighted by atomic mass is 9.86. The van der Waals surface area contributed by atoms with E-state index in [1.807, 2.05) is 18.0 Å². The van der Waals surface area contributed by atoms with Crippen LogP contribution < -0.4 is 0 Å². The molecule has 0 saturated carbocycles. The number of aliphatic hydroxyl groups excluding tert-OH is 1. The summed E-state index contributed by atoms with van der Waals surface area (Å²) in [5.41, 5.74) is 2.35. The number of aliphatic hydroxyl groups is 1. The second-order valence-electron chi connectivity index (χ2n) is 5.93. The number of β-amino-alcohol motifs (C(OH)–C–C–N with tert-alkyl or cyclic N) is 1. The minimum Gasteiger partial charge on any atom is -0.391 e. The fraction of sp³-hybridized carbons (Fsp3) is 0.714.